The third kappa shape index (κ3) is 3.43. The van der Waals surface area contributed by atoms with Crippen molar-refractivity contribution in [2.45, 2.75) is 13.0 Å². The van der Waals surface area contributed by atoms with E-state index in [9.17, 15) is 9.59 Å². The molecule has 3 heterocycles. The molecule has 9 heteroatoms. The smallest absolute Gasteiger partial charge is 0.319 e. The molecule has 3 aromatic rings. The number of allylic oxidation sites excluding steroid dienone is 1. The summed E-state index contributed by atoms with van der Waals surface area (Å²) in [5.41, 5.74) is 4.23. The van der Waals surface area contributed by atoms with Crippen molar-refractivity contribution in [3.63, 3.8) is 0 Å². The van der Waals surface area contributed by atoms with Crippen molar-refractivity contribution >= 4 is 34.2 Å². The summed E-state index contributed by atoms with van der Waals surface area (Å²) in [6.45, 7) is 3.12. The van der Waals surface area contributed by atoms with Crippen LogP contribution < -0.4 is 25.6 Å². The average molecular weight is 418 g/mol. The van der Waals surface area contributed by atoms with Gasteiger partial charge in [0.05, 0.1) is 35.6 Å². The van der Waals surface area contributed by atoms with Gasteiger partial charge in [0.2, 0.25) is 0 Å². The van der Waals surface area contributed by atoms with E-state index in [2.05, 4.69) is 31.0 Å². The number of aromatic amines is 1. The first-order valence-electron chi connectivity index (χ1n) is 10.0. The number of anilines is 2. The number of rotatable bonds is 3. The third-order valence-corrected chi connectivity index (χ3v) is 5.62. The van der Waals surface area contributed by atoms with Crippen LogP contribution >= 0.6 is 0 Å². The van der Waals surface area contributed by atoms with Crippen LogP contribution in [0.3, 0.4) is 0 Å². The van der Waals surface area contributed by atoms with Gasteiger partial charge in [0.1, 0.15) is 12.4 Å². The Morgan fingerprint density at radius 2 is 2.13 bits per heavy atom. The Morgan fingerprint density at radius 3 is 3.00 bits per heavy atom. The van der Waals surface area contributed by atoms with Crippen molar-refractivity contribution in [3.05, 3.63) is 59.4 Å². The highest BCUT2D eigenvalue weighted by Crippen LogP contribution is 2.36. The average Bonchev–Trinajstić information content (AvgIpc) is 3.21. The Kier molecular flexibility index (Phi) is 4.50. The third-order valence-electron chi connectivity index (χ3n) is 5.62. The molecule has 3 amide bonds. The van der Waals surface area contributed by atoms with Gasteiger partial charge in [-0.15, -0.1) is 0 Å². The topological polar surface area (TPSA) is 111 Å². The Hall–Kier alpha value is -4.01. The van der Waals surface area contributed by atoms with Crippen molar-refractivity contribution in [2.75, 3.05) is 30.4 Å². The number of H-pyrrole nitrogens is 1. The van der Waals surface area contributed by atoms with E-state index < -0.39 is 6.04 Å². The molecule has 2 aromatic carbocycles. The monoisotopic (exact) mass is 418 g/mol. The van der Waals surface area contributed by atoms with Gasteiger partial charge in [-0.1, -0.05) is 6.07 Å². The molecule has 0 saturated heterocycles. The summed E-state index contributed by atoms with van der Waals surface area (Å²) in [4.78, 5) is 27.6. The summed E-state index contributed by atoms with van der Waals surface area (Å²) in [6, 6.07) is 10.3. The molecule has 2 aliphatic heterocycles. The summed E-state index contributed by atoms with van der Waals surface area (Å²) < 4.78 is 5.81. The van der Waals surface area contributed by atoms with Crippen molar-refractivity contribution in [3.8, 4) is 5.75 Å². The number of nitrogens with zero attached hydrogens (tertiary/aromatic N) is 2. The number of nitrogens with one attached hydrogen (secondary N) is 4. The molecular weight excluding hydrogens is 396 g/mol. The summed E-state index contributed by atoms with van der Waals surface area (Å²) in [5.74, 6) is 0.440. The zero-order chi connectivity index (χ0) is 21.5. The predicted molar refractivity (Wildman–Crippen MR) is 117 cm³/mol. The molecule has 2 aliphatic rings. The van der Waals surface area contributed by atoms with Crippen molar-refractivity contribution in [2.24, 2.45) is 0 Å². The van der Waals surface area contributed by atoms with E-state index in [-0.39, 0.29) is 11.9 Å². The number of carbonyl (C=O) groups is 2. The first kappa shape index (κ1) is 19.0. The molecular formula is C22H22N6O3. The van der Waals surface area contributed by atoms with Crippen LogP contribution in [0.5, 0.6) is 5.75 Å². The van der Waals surface area contributed by atoms with E-state index in [1.165, 1.54) is 0 Å². The molecule has 5 rings (SSSR count). The number of aromatic nitrogens is 2. The number of urea groups is 1. The van der Waals surface area contributed by atoms with Crippen LogP contribution in [0.2, 0.25) is 0 Å². The maximum atomic E-state index is 13.3. The van der Waals surface area contributed by atoms with Crippen LogP contribution in [0.15, 0.2) is 53.9 Å². The van der Waals surface area contributed by atoms with Crippen molar-refractivity contribution in [1.82, 2.24) is 20.8 Å². The van der Waals surface area contributed by atoms with Gasteiger partial charge in [0.15, 0.2) is 0 Å². The number of hydrogen-bond donors (Lipinski definition) is 4. The molecule has 1 unspecified atom stereocenters. The van der Waals surface area contributed by atoms with E-state index in [1.54, 1.807) is 19.2 Å². The lowest BCUT2D eigenvalue weighted by Crippen LogP contribution is -2.46. The second-order valence-electron chi connectivity index (χ2n) is 7.69. The number of ether oxygens (including phenoxy) is 1. The Bertz CT molecular complexity index is 1230. The molecule has 31 heavy (non-hydrogen) atoms. The SMILES string of the molecule is CC1=C(C(=O)Nc2ccc3[nH]ncc3c2)C(c2ccc3c(c2)OCCN3C)NC(=O)N1. The fourth-order valence-corrected chi connectivity index (χ4v) is 4.02. The summed E-state index contributed by atoms with van der Waals surface area (Å²) in [6.07, 6.45) is 1.70. The normalized spacial score (nSPS) is 18.2. The number of carbonyl (C=O) groups excluding carboxylic acids is 2. The molecule has 0 radical (unpaired) electrons. The molecule has 4 N–H and O–H groups in total. The van der Waals surface area contributed by atoms with Gasteiger partial charge >= 0.3 is 6.03 Å². The van der Waals surface area contributed by atoms with E-state index in [4.69, 9.17) is 4.74 Å². The van der Waals surface area contributed by atoms with E-state index in [1.807, 2.05) is 37.4 Å². The molecule has 9 nitrogen and oxygen atoms in total. The zero-order valence-corrected chi connectivity index (χ0v) is 17.2. The first-order chi connectivity index (χ1) is 15.0. The molecule has 0 saturated carbocycles. The lowest BCUT2D eigenvalue weighted by Gasteiger charge is -2.31. The first-order valence-corrected chi connectivity index (χ1v) is 10.0. The standard InChI is InChI=1S/C22H22N6O3/c1-12-19(21(29)25-15-4-5-16-14(9-15)11-23-27-16)20(26-22(30)24-12)13-3-6-17-18(10-13)31-8-7-28(17)2/h3-6,9-11,20H,7-8H2,1-2H3,(H,23,27)(H,25,29)(H2,24,26,30). The highest BCUT2D eigenvalue weighted by molar-refractivity contribution is 6.07. The summed E-state index contributed by atoms with van der Waals surface area (Å²) in [5, 5.41) is 16.3. The highest BCUT2D eigenvalue weighted by Gasteiger charge is 2.32. The van der Waals surface area contributed by atoms with Gasteiger partial charge in [-0.25, -0.2) is 4.79 Å². The molecule has 0 aliphatic carbocycles. The second kappa shape index (κ2) is 7.35. The van der Waals surface area contributed by atoms with Gasteiger partial charge in [-0.05, 0) is 42.8 Å². The van der Waals surface area contributed by atoms with Gasteiger partial charge in [-0.3, -0.25) is 9.89 Å². The molecule has 158 valence electrons. The fourth-order valence-electron chi connectivity index (χ4n) is 4.02. The van der Waals surface area contributed by atoms with Crippen LogP contribution in [0.25, 0.3) is 10.9 Å². The molecule has 0 spiro atoms. The fraction of sp³-hybridized carbons (Fsp3) is 0.227. The van der Waals surface area contributed by atoms with Crippen LogP contribution in [0.1, 0.15) is 18.5 Å². The minimum Gasteiger partial charge on any atom is -0.490 e. The van der Waals surface area contributed by atoms with Crippen LogP contribution in [0, 0.1) is 0 Å². The van der Waals surface area contributed by atoms with Crippen molar-refractivity contribution in [1.29, 1.82) is 0 Å². The van der Waals surface area contributed by atoms with Crippen LogP contribution in [-0.4, -0.2) is 42.3 Å². The number of benzene rings is 2. The maximum absolute atomic E-state index is 13.3. The van der Waals surface area contributed by atoms with Gasteiger partial charge in [0, 0.05) is 23.8 Å². The molecule has 1 atom stereocenters. The lowest BCUT2D eigenvalue weighted by atomic mass is 9.94. The Morgan fingerprint density at radius 1 is 1.26 bits per heavy atom. The summed E-state index contributed by atoms with van der Waals surface area (Å²) >= 11 is 0. The predicted octanol–water partition coefficient (Wildman–Crippen LogP) is 2.66. The number of fused-ring (bicyclic) bond motifs is 2. The van der Waals surface area contributed by atoms with Gasteiger partial charge < -0.3 is 25.6 Å². The Balaban J connectivity index is 1.48. The maximum Gasteiger partial charge on any atom is 0.319 e. The van der Waals surface area contributed by atoms with E-state index in [0.29, 0.717) is 23.6 Å². The minimum absolute atomic E-state index is 0.298. The second-order valence-corrected chi connectivity index (χ2v) is 7.69. The van der Waals surface area contributed by atoms with E-state index in [0.717, 1.165) is 34.4 Å². The largest absolute Gasteiger partial charge is 0.490 e. The van der Waals surface area contributed by atoms with Gasteiger partial charge in [0.25, 0.3) is 5.91 Å². The molecule has 0 bridgehead atoms. The number of hydrogen-bond acceptors (Lipinski definition) is 5. The molecule has 0 fully saturated rings. The number of amides is 3. The van der Waals surface area contributed by atoms with E-state index >= 15 is 0 Å². The van der Waals surface area contributed by atoms with Crippen LogP contribution in [-0.2, 0) is 4.79 Å². The quantitative estimate of drug-likeness (QED) is 0.523. The molecule has 1 aromatic heterocycles. The lowest BCUT2D eigenvalue weighted by molar-refractivity contribution is -0.113. The van der Waals surface area contributed by atoms with Crippen LogP contribution in [0.4, 0.5) is 16.2 Å². The highest BCUT2D eigenvalue weighted by atomic mass is 16.5. The minimum atomic E-state index is -0.604. The zero-order valence-electron chi connectivity index (χ0n) is 17.2. The number of likely N-dealkylation sites (N-methyl/N-ethyl adjacent to an activating group) is 1. The summed E-state index contributed by atoms with van der Waals surface area (Å²) in [7, 11) is 2.01. The Labute approximate surface area is 178 Å². The van der Waals surface area contributed by atoms with Crippen molar-refractivity contribution < 1.29 is 14.3 Å². The van der Waals surface area contributed by atoms with Gasteiger partial charge in [-0.2, -0.15) is 5.10 Å².